The van der Waals surface area contributed by atoms with Crippen molar-refractivity contribution in [1.82, 2.24) is 10.3 Å². The van der Waals surface area contributed by atoms with E-state index in [4.69, 9.17) is 31.1 Å². The number of esters is 2. The van der Waals surface area contributed by atoms with Crippen LogP contribution in [0.25, 0.3) is 11.0 Å². The van der Waals surface area contributed by atoms with Crippen LogP contribution in [-0.4, -0.2) is 67.9 Å². The molecular formula is C20H21N5O6S2. The molecule has 0 radical (unpaired) electrons. The zero-order chi connectivity index (χ0) is 23.5. The maximum atomic E-state index is 12.3. The van der Waals surface area contributed by atoms with Gasteiger partial charge in [0.05, 0.1) is 44.4 Å². The summed E-state index contributed by atoms with van der Waals surface area (Å²) in [5, 5.41) is 14.6. The Morgan fingerprint density at radius 3 is 2.48 bits per heavy atom. The highest BCUT2D eigenvalue weighted by atomic mass is 32.1. The largest absolute Gasteiger partial charge is 0.465 e. The van der Waals surface area contributed by atoms with Crippen molar-refractivity contribution in [3.8, 4) is 0 Å². The zero-order valence-corrected chi connectivity index (χ0v) is 19.7. The summed E-state index contributed by atoms with van der Waals surface area (Å²) < 4.78 is 20.1. The van der Waals surface area contributed by atoms with Crippen LogP contribution in [0.4, 0.5) is 16.4 Å². The molecule has 3 heterocycles. The highest BCUT2D eigenvalue weighted by Gasteiger charge is 2.26. The molecule has 0 spiro atoms. The van der Waals surface area contributed by atoms with Gasteiger partial charge in [0, 0.05) is 13.1 Å². The maximum absolute atomic E-state index is 12.3. The third-order valence-electron chi connectivity index (χ3n) is 5.13. The van der Waals surface area contributed by atoms with Crippen molar-refractivity contribution in [2.45, 2.75) is 6.92 Å². The molecule has 0 bridgehead atoms. The van der Waals surface area contributed by atoms with Crippen molar-refractivity contribution in [2.24, 2.45) is 0 Å². The van der Waals surface area contributed by atoms with Gasteiger partial charge in [-0.15, -0.1) is 11.3 Å². The highest BCUT2D eigenvalue weighted by molar-refractivity contribution is 7.80. The number of anilines is 3. The van der Waals surface area contributed by atoms with Gasteiger partial charge in [0.1, 0.15) is 9.88 Å². The van der Waals surface area contributed by atoms with E-state index in [2.05, 4.69) is 25.8 Å². The van der Waals surface area contributed by atoms with Gasteiger partial charge >= 0.3 is 11.9 Å². The van der Waals surface area contributed by atoms with Crippen molar-refractivity contribution >= 4 is 68.0 Å². The molecular weight excluding hydrogens is 470 g/mol. The molecule has 1 aliphatic heterocycles. The van der Waals surface area contributed by atoms with E-state index in [0.29, 0.717) is 40.5 Å². The van der Waals surface area contributed by atoms with Gasteiger partial charge in [0.2, 0.25) is 0 Å². The smallest absolute Gasteiger partial charge is 0.348 e. The monoisotopic (exact) mass is 491 g/mol. The lowest BCUT2D eigenvalue weighted by Crippen LogP contribution is -2.36. The SMILES string of the molecule is COC(=O)c1sc(NC(=S)Nc2ccc(N3CCOCC3)c3nonc23)c(C(=O)OC)c1C. The number of carbonyl (C=O) groups is 2. The molecule has 0 unspecified atom stereocenters. The fraction of sp³-hybridized carbons (Fsp3) is 0.350. The molecule has 1 aromatic carbocycles. The number of methoxy groups -OCH3 is 2. The molecule has 2 N–H and O–H groups in total. The average molecular weight is 492 g/mol. The number of hydrogen-bond donors (Lipinski definition) is 2. The van der Waals surface area contributed by atoms with Crippen molar-refractivity contribution in [3.63, 3.8) is 0 Å². The predicted octanol–water partition coefficient (Wildman–Crippen LogP) is 2.81. The fourth-order valence-electron chi connectivity index (χ4n) is 3.51. The summed E-state index contributed by atoms with van der Waals surface area (Å²) in [6, 6.07) is 3.74. The van der Waals surface area contributed by atoms with Crippen LogP contribution >= 0.6 is 23.6 Å². The van der Waals surface area contributed by atoms with Gasteiger partial charge in [-0.2, -0.15) is 0 Å². The standard InChI is InChI=1S/C20H21N5O6S2/c1-10-13(18(26)28-2)17(33-16(10)19(27)29-3)22-20(32)21-11-4-5-12(15-14(11)23-31-24-15)25-6-8-30-9-7-25/h4-5H,6-9H2,1-3H3,(H2,21,22,32). The molecule has 174 valence electrons. The molecule has 0 saturated carbocycles. The summed E-state index contributed by atoms with van der Waals surface area (Å²) >= 11 is 6.50. The van der Waals surface area contributed by atoms with E-state index in [1.54, 1.807) is 6.92 Å². The van der Waals surface area contributed by atoms with Crippen molar-refractivity contribution in [2.75, 3.05) is 56.1 Å². The Morgan fingerprint density at radius 1 is 1.09 bits per heavy atom. The number of carbonyl (C=O) groups excluding carboxylic acids is 2. The van der Waals surface area contributed by atoms with E-state index in [1.165, 1.54) is 14.2 Å². The molecule has 3 aromatic rings. The summed E-state index contributed by atoms with van der Waals surface area (Å²) in [5.74, 6) is -1.15. The minimum Gasteiger partial charge on any atom is -0.465 e. The van der Waals surface area contributed by atoms with Gasteiger partial charge < -0.3 is 29.7 Å². The zero-order valence-electron chi connectivity index (χ0n) is 18.1. The molecule has 33 heavy (non-hydrogen) atoms. The Labute approximate surface area is 197 Å². The Hall–Kier alpha value is -3.29. The summed E-state index contributed by atoms with van der Waals surface area (Å²) in [4.78, 5) is 26.9. The molecule has 2 aromatic heterocycles. The second kappa shape index (κ2) is 9.68. The number of thiocarbonyl (C=S) groups is 1. The second-order valence-electron chi connectivity index (χ2n) is 7.02. The number of fused-ring (bicyclic) bond motifs is 1. The average Bonchev–Trinajstić information content (AvgIpc) is 3.44. The molecule has 0 aliphatic carbocycles. The Bertz CT molecular complexity index is 1220. The molecule has 0 amide bonds. The molecule has 1 fully saturated rings. The van der Waals surface area contributed by atoms with E-state index in [9.17, 15) is 9.59 Å². The number of nitrogens with zero attached hydrogens (tertiary/aromatic N) is 3. The van der Waals surface area contributed by atoms with E-state index in [0.717, 1.165) is 30.1 Å². The van der Waals surface area contributed by atoms with Gasteiger partial charge in [0.15, 0.2) is 16.1 Å². The number of nitrogens with one attached hydrogen (secondary N) is 2. The molecule has 4 rings (SSSR count). The topological polar surface area (TPSA) is 128 Å². The van der Waals surface area contributed by atoms with Crippen LogP contribution in [0.1, 0.15) is 25.6 Å². The van der Waals surface area contributed by atoms with Crippen LogP contribution in [0, 0.1) is 6.92 Å². The Morgan fingerprint density at radius 2 is 1.79 bits per heavy atom. The number of thiophene rings is 1. The van der Waals surface area contributed by atoms with Gasteiger partial charge in [-0.1, -0.05) is 0 Å². The normalized spacial score (nSPS) is 13.6. The summed E-state index contributed by atoms with van der Waals surface area (Å²) in [6.07, 6.45) is 0. The predicted molar refractivity (Wildman–Crippen MR) is 126 cm³/mol. The number of morpholine rings is 1. The lowest BCUT2D eigenvalue weighted by molar-refractivity contribution is 0.0601. The van der Waals surface area contributed by atoms with Gasteiger partial charge in [0.25, 0.3) is 0 Å². The number of rotatable bonds is 5. The molecule has 1 saturated heterocycles. The summed E-state index contributed by atoms with van der Waals surface area (Å²) in [5.41, 5.74) is 3.23. The van der Waals surface area contributed by atoms with Crippen LogP contribution < -0.4 is 15.5 Å². The Balaban J connectivity index is 1.59. The molecule has 13 heteroatoms. The van der Waals surface area contributed by atoms with Gasteiger partial charge in [-0.3, -0.25) is 0 Å². The first-order valence-electron chi connectivity index (χ1n) is 9.90. The van der Waals surface area contributed by atoms with Crippen LogP contribution in [0.3, 0.4) is 0 Å². The first-order chi connectivity index (χ1) is 15.9. The van der Waals surface area contributed by atoms with E-state index in [-0.39, 0.29) is 15.6 Å². The number of ether oxygens (including phenoxy) is 3. The fourth-order valence-corrected chi connectivity index (χ4v) is 4.90. The van der Waals surface area contributed by atoms with Crippen molar-refractivity contribution < 1.29 is 28.4 Å². The van der Waals surface area contributed by atoms with Crippen molar-refractivity contribution in [1.29, 1.82) is 0 Å². The number of aromatic nitrogens is 2. The van der Waals surface area contributed by atoms with E-state index >= 15 is 0 Å². The molecule has 11 nitrogen and oxygen atoms in total. The minimum atomic E-state index is -0.595. The molecule has 1 aliphatic rings. The van der Waals surface area contributed by atoms with Crippen LogP contribution in [0.15, 0.2) is 16.8 Å². The van der Waals surface area contributed by atoms with Gasteiger partial charge in [-0.05, 0) is 47.2 Å². The van der Waals surface area contributed by atoms with Crippen LogP contribution in [0.2, 0.25) is 0 Å². The van der Waals surface area contributed by atoms with E-state index in [1.807, 2.05) is 12.1 Å². The summed E-state index contributed by atoms with van der Waals surface area (Å²) in [7, 11) is 2.54. The molecule has 0 atom stereocenters. The second-order valence-corrected chi connectivity index (χ2v) is 8.44. The van der Waals surface area contributed by atoms with E-state index < -0.39 is 11.9 Å². The third kappa shape index (κ3) is 4.47. The quantitative estimate of drug-likeness (QED) is 0.402. The summed E-state index contributed by atoms with van der Waals surface area (Å²) in [6.45, 7) is 4.40. The first kappa shape index (κ1) is 22.9. The number of hydrogen-bond acceptors (Lipinski definition) is 11. The Kier molecular flexibility index (Phi) is 6.72. The lowest BCUT2D eigenvalue weighted by Gasteiger charge is -2.28. The van der Waals surface area contributed by atoms with Crippen molar-refractivity contribution in [3.05, 3.63) is 28.1 Å². The highest BCUT2D eigenvalue weighted by Crippen LogP contribution is 2.35. The lowest BCUT2D eigenvalue weighted by atomic mass is 10.1. The third-order valence-corrected chi connectivity index (χ3v) is 6.52. The van der Waals surface area contributed by atoms with Crippen LogP contribution in [0.5, 0.6) is 0 Å². The maximum Gasteiger partial charge on any atom is 0.348 e. The minimum absolute atomic E-state index is 0.182. The van der Waals surface area contributed by atoms with Crippen LogP contribution in [-0.2, 0) is 14.2 Å². The number of benzene rings is 1. The van der Waals surface area contributed by atoms with Gasteiger partial charge in [-0.25, -0.2) is 14.2 Å². The first-order valence-corrected chi connectivity index (χ1v) is 11.1.